The van der Waals surface area contributed by atoms with Gasteiger partial charge in [0.15, 0.2) is 0 Å². The Morgan fingerprint density at radius 1 is 1.41 bits per heavy atom. The van der Waals surface area contributed by atoms with Crippen molar-refractivity contribution < 1.29 is 14.3 Å². The molecule has 0 saturated carbocycles. The lowest BCUT2D eigenvalue weighted by molar-refractivity contribution is -0.132. The number of cyclic esters (lactones) is 1. The van der Waals surface area contributed by atoms with E-state index < -0.39 is 0 Å². The zero-order valence-electron chi connectivity index (χ0n) is 15.0. The lowest BCUT2D eigenvalue weighted by atomic mass is 10.2. The Hall–Kier alpha value is -2.61. The Morgan fingerprint density at radius 3 is 2.93 bits per heavy atom. The number of aromatic amines is 1. The fourth-order valence-electron chi connectivity index (χ4n) is 3.00. The standard InChI is InChI=1S/C18H21ClN4O4/c1-2-6-23(16(24)5-7-22-8-9-27-18(22)26)11-15-20-14-10-12(19)3-4-13(14)17(25)21-15/h3-4,10H,2,5-9,11H2,1H3,(H,20,21,25). The van der Waals surface area contributed by atoms with E-state index in [-0.39, 0.29) is 30.5 Å². The summed E-state index contributed by atoms with van der Waals surface area (Å²) in [5.74, 6) is 0.294. The summed E-state index contributed by atoms with van der Waals surface area (Å²) in [7, 11) is 0. The number of amides is 2. The number of ether oxygens (including phenoxy) is 1. The lowest BCUT2D eigenvalue weighted by Gasteiger charge is -2.23. The molecule has 1 aliphatic rings. The third kappa shape index (κ3) is 4.57. The Morgan fingerprint density at radius 2 is 2.22 bits per heavy atom. The van der Waals surface area contributed by atoms with Gasteiger partial charge in [-0.15, -0.1) is 0 Å². The highest BCUT2D eigenvalue weighted by molar-refractivity contribution is 6.31. The molecule has 3 rings (SSSR count). The van der Waals surface area contributed by atoms with Crippen molar-refractivity contribution in [2.75, 3.05) is 26.2 Å². The Labute approximate surface area is 161 Å². The first-order valence-corrected chi connectivity index (χ1v) is 9.23. The van der Waals surface area contributed by atoms with Crippen LogP contribution in [0.3, 0.4) is 0 Å². The number of carbonyl (C=O) groups is 2. The summed E-state index contributed by atoms with van der Waals surface area (Å²) < 4.78 is 4.87. The average molecular weight is 393 g/mol. The Kier molecular flexibility index (Phi) is 5.95. The molecule has 1 N–H and O–H groups in total. The number of benzene rings is 1. The minimum absolute atomic E-state index is 0.106. The van der Waals surface area contributed by atoms with E-state index in [1.54, 1.807) is 23.1 Å². The average Bonchev–Trinajstić information content (AvgIpc) is 3.04. The Bertz CT molecular complexity index is 914. The van der Waals surface area contributed by atoms with Gasteiger partial charge in [-0.25, -0.2) is 9.78 Å². The summed E-state index contributed by atoms with van der Waals surface area (Å²) in [5, 5.41) is 0.939. The van der Waals surface area contributed by atoms with E-state index in [1.165, 1.54) is 4.90 Å². The number of carbonyl (C=O) groups excluding carboxylic acids is 2. The second-order valence-corrected chi connectivity index (χ2v) is 6.78. The molecule has 1 aromatic heterocycles. The first-order chi connectivity index (χ1) is 13.0. The summed E-state index contributed by atoms with van der Waals surface area (Å²) in [5.41, 5.74) is 0.223. The molecule has 0 aliphatic carbocycles. The molecule has 0 bridgehead atoms. The summed E-state index contributed by atoms with van der Waals surface area (Å²) in [6.07, 6.45) is 0.571. The number of hydrogen-bond donors (Lipinski definition) is 1. The van der Waals surface area contributed by atoms with Crippen LogP contribution < -0.4 is 5.56 Å². The van der Waals surface area contributed by atoms with Crippen molar-refractivity contribution in [2.24, 2.45) is 0 Å². The molecule has 27 heavy (non-hydrogen) atoms. The molecule has 0 atom stereocenters. The van der Waals surface area contributed by atoms with E-state index in [2.05, 4.69) is 9.97 Å². The maximum atomic E-state index is 12.6. The number of fused-ring (bicyclic) bond motifs is 1. The number of halogens is 1. The largest absolute Gasteiger partial charge is 0.448 e. The van der Waals surface area contributed by atoms with Gasteiger partial charge in [0.25, 0.3) is 5.56 Å². The van der Waals surface area contributed by atoms with Gasteiger partial charge in [0.1, 0.15) is 12.4 Å². The van der Waals surface area contributed by atoms with Gasteiger partial charge in [0, 0.05) is 24.5 Å². The van der Waals surface area contributed by atoms with Crippen molar-refractivity contribution >= 4 is 34.5 Å². The van der Waals surface area contributed by atoms with E-state index in [9.17, 15) is 14.4 Å². The van der Waals surface area contributed by atoms with Crippen LogP contribution in [-0.4, -0.2) is 58.0 Å². The second-order valence-electron chi connectivity index (χ2n) is 6.34. The van der Waals surface area contributed by atoms with Crippen LogP contribution in [0.15, 0.2) is 23.0 Å². The fraction of sp³-hybridized carbons (Fsp3) is 0.444. The molecule has 1 saturated heterocycles. The van der Waals surface area contributed by atoms with E-state index in [0.717, 1.165) is 6.42 Å². The minimum atomic E-state index is -0.387. The topological polar surface area (TPSA) is 95.6 Å². The molecule has 9 heteroatoms. The van der Waals surface area contributed by atoms with Gasteiger partial charge < -0.3 is 19.5 Å². The van der Waals surface area contributed by atoms with Crippen molar-refractivity contribution in [1.82, 2.24) is 19.8 Å². The summed E-state index contributed by atoms with van der Waals surface area (Å²) in [6.45, 7) is 3.86. The molecular formula is C18H21ClN4O4. The normalized spacial score (nSPS) is 13.9. The smallest absolute Gasteiger partial charge is 0.409 e. The number of nitrogens with one attached hydrogen (secondary N) is 1. The van der Waals surface area contributed by atoms with Crippen LogP contribution in [0.1, 0.15) is 25.6 Å². The Balaban J connectivity index is 1.73. The number of hydrogen-bond acceptors (Lipinski definition) is 5. The molecule has 8 nitrogen and oxygen atoms in total. The molecule has 2 aromatic rings. The van der Waals surface area contributed by atoms with Crippen molar-refractivity contribution in [3.8, 4) is 0 Å². The van der Waals surface area contributed by atoms with Crippen molar-refractivity contribution in [1.29, 1.82) is 0 Å². The zero-order chi connectivity index (χ0) is 19.4. The van der Waals surface area contributed by atoms with Crippen LogP contribution in [0.5, 0.6) is 0 Å². The molecule has 1 aromatic carbocycles. The molecule has 2 amide bonds. The highest BCUT2D eigenvalue weighted by atomic mass is 35.5. The molecule has 0 unspecified atom stereocenters. The summed E-state index contributed by atoms with van der Waals surface area (Å²) in [6, 6.07) is 4.88. The van der Waals surface area contributed by atoms with Gasteiger partial charge in [0.2, 0.25) is 5.91 Å². The van der Waals surface area contributed by atoms with E-state index in [4.69, 9.17) is 16.3 Å². The van der Waals surface area contributed by atoms with Crippen LogP contribution in [0.2, 0.25) is 5.02 Å². The third-order valence-electron chi connectivity index (χ3n) is 4.35. The van der Waals surface area contributed by atoms with Gasteiger partial charge in [-0.05, 0) is 24.6 Å². The van der Waals surface area contributed by atoms with Crippen molar-refractivity contribution in [3.63, 3.8) is 0 Å². The summed E-state index contributed by atoms with van der Waals surface area (Å²) >= 11 is 5.99. The highest BCUT2D eigenvalue weighted by Crippen LogP contribution is 2.15. The van der Waals surface area contributed by atoms with Gasteiger partial charge in [-0.1, -0.05) is 18.5 Å². The first kappa shape index (κ1) is 19.2. The molecule has 2 heterocycles. The van der Waals surface area contributed by atoms with Crippen LogP contribution >= 0.6 is 11.6 Å². The summed E-state index contributed by atoms with van der Waals surface area (Å²) in [4.78, 5) is 46.7. The quantitative estimate of drug-likeness (QED) is 0.778. The van der Waals surface area contributed by atoms with Gasteiger partial charge in [-0.2, -0.15) is 0 Å². The highest BCUT2D eigenvalue weighted by Gasteiger charge is 2.23. The zero-order valence-corrected chi connectivity index (χ0v) is 15.8. The van der Waals surface area contributed by atoms with E-state index >= 15 is 0 Å². The second kappa shape index (κ2) is 8.39. The van der Waals surface area contributed by atoms with Crippen molar-refractivity contribution in [3.05, 3.63) is 39.4 Å². The maximum Gasteiger partial charge on any atom is 0.409 e. The van der Waals surface area contributed by atoms with Crippen LogP contribution in [0, 0.1) is 0 Å². The molecular weight excluding hydrogens is 372 g/mol. The maximum absolute atomic E-state index is 12.6. The predicted octanol–water partition coefficient (Wildman–Crippen LogP) is 2.16. The number of rotatable bonds is 7. The van der Waals surface area contributed by atoms with Gasteiger partial charge in [0.05, 0.1) is 24.0 Å². The molecule has 0 spiro atoms. The lowest BCUT2D eigenvalue weighted by Crippen LogP contribution is -2.36. The fourth-order valence-corrected chi connectivity index (χ4v) is 3.16. The van der Waals surface area contributed by atoms with E-state index in [0.29, 0.717) is 48.0 Å². The third-order valence-corrected chi connectivity index (χ3v) is 4.58. The monoisotopic (exact) mass is 392 g/mol. The number of H-pyrrole nitrogens is 1. The molecule has 1 aliphatic heterocycles. The van der Waals surface area contributed by atoms with Crippen molar-refractivity contribution in [2.45, 2.75) is 26.3 Å². The van der Waals surface area contributed by atoms with Gasteiger partial charge >= 0.3 is 6.09 Å². The van der Waals surface area contributed by atoms with Crippen LogP contribution in [0.25, 0.3) is 10.9 Å². The first-order valence-electron chi connectivity index (χ1n) is 8.86. The van der Waals surface area contributed by atoms with E-state index in [1.807, 2.05) is 6.92 Å². The number of nitrogens with zero attached hydrogens (tertiary/aromatic N) is 3. The van der Waals surface area contributed by atoms with Crippen LogP contribution in [0.4, 0.5) is 4.79 Å². The molecule has 144 valence electrons. The molecule has 0 radical (unpaired) electrons. The molecule has 1 fully saturated rings. The minimum Gasteiger partial charge on any atom is -0.448 e. The SMILES string of the molecule is CCCN(Cc1nc2cc(Cl)ccc2c(=O)[nH]1)C(=O)CCN1CCOC1=O. The van der Waals surface area contributed by atoms with Gasteiger partial charge in [-0.3, -0.25) is 9.59 Å². The number of aromatic nitrogens is 2. The van der Waals surface area contributed by atoms with Crippen LogP contribution in [-0.2, 0) is 16.1 Å². The predicted molar refractivity (Wildman–Crippen MR) is 101 cm³/mol.